The van der Waals surface area contributed by atoms with Crippen LogP contribution in [-0.4, -0.2) is 41.9 Å². The lowest BCUT2D eigenvalue weighted by Gasteiger charge is -2.41. The lowest BCUT2D eigenvalue weighted by atomic mass is 9.83. The van der Waals surface area contributed by atoms with E-state index >= 15 is 0 Å². The lowest BCUT2D eigenvalue weighted by molar-refractivity contribution is -0.146. The quantitative estimate of drug-likeness (QED) is 0.869. The molecule has 0 bridgehead atoms. The van der Waals surface area contributed by atoms with Crippen molar-refractivity contribution in [1.29, 1.82) is 0 Å². The number of carbonyl (C=O) groups is 2. The van der Waals surface area contributed by atoms with E-state index in [9.17, 15) is 9.59 Å². The summed E-state index contributed by atoms with van der Waals surface area (Å²) in [7, 11) is 0. The molecule has 2 unspecified atom stereocenters. The normalized spacial score (nSPS) is 27.4. The maximum absolute atomic E-state index is 13.1. The van der Waals surface area contributed by atoms with E-state index in [0.717, 1.165) is 24.9 Å². The molecule has 0 saturated carbocycles. The van der Waals surface area contributed by atoms with Gasteiger partial charge in [-0.25, -0.2) is 0 Å². The number of piperazine rings is 1. The Kier molecular flexibility index (Phi) is 4.39. The van der Waals surface area contributed by atoms with Gasteiger partial charge in [0.1, 0.15) is 6.54 Å². The van der Waals surface area contributed by atoms with Crippen molar-refractivity contribution < 1.29 is 9.59 Å². The molecule has 124 valence electrons. The van der Waals surface area contributed by atoms with E-state index in [1.807, 2.05) is 30.3 Å². The summed E-state index contributed by atoms with van der Waals surface area (Å²) in [6.45, 7) is 5.75. The van der Waals surface area contributed by atoms with E-state index in [2.05, 4.69) is 24.5 Å². The van der Waals surface area contributed by atoms with Crippen LogP contribution in [0.2, 0.25) is 0 Å². The monoisotopic (exact) mass is 315 g/mol. The van der Waals surface area contributed by atoms with Gasteiger partial charge >= 0.3 is 0 Å². The molecule has 2 atom stereocenters. The van der Waals surface area contributed by atoms with E-state index in [1.165, 1.54) is 0 Å². The Morgan fingerprint density at radius 2 is 2.00 bits per heavy atom. The second kappa shape index (κ2) is 6.32. The third-order valence-electron chi connectivity index (χ3n) is 4.85. The zero-order valence-corrected chi connectivity index (χ0v) is 13.8. The maximum atomic E-state index is 13.1. The second-order valence-electron chi connectivity index (χ2n) is 7.20. The van der Waals surface area contributed by atoms with Gasteiger partial charge < -0.3 is 15.5 Å². The summed E-state index contributed by atoms with van der Waals surface area (Å²) in [5.74, 6) is 0.0327. The van der Waals surface area contributed by atoms with Gasteiger partial charge in [0, 0.05) is 18.0 Å². The number of rotatable bonds is 2. The Morgan fingerprint density at radius 3 is 2.70 bits per heavy atom. The standard InChI is InChI=1S/C18H25N3O2/c1-18(2)10-14(8-9-20-18)17(23)21-12-16(22)19-11-15(21)13-6-4-3-5-7-13/h3-7,14-15,20H,8-12H2,1-2H3,(H,19,22). The Bertz CT molecular complexity index is 585. The highest BCUT2D eigenvalue weighted by molar-refractivity contribution is 5.87. The maximum Gasteiger partial charge on any atom is 0.239 e. The van der Waals surface area contributed by atoms with Crippen molar-refractivity contribution in [3.05, 3.63) is 35.9 Å². The van der Waals surface area contributed by atoms with Crippen LogP contribution in [-0.2, 0) is 9.59 Å². The van der Waals surface area contributed by atoms with Crippen LogP contribution in [0.1, 0.15) is 38.3 Å². The topological polar surface area (TPSA) is 61.4 Å². The minimum atomic E-state index is -0.0706. The molecule has 1 aromatic carbocycles. The third kappa shape index (κ3) is 3.55. The summed E-state index contributed by atoms with van der Waals surface area (Å²) >= 11 is 0. The van der Waals surface area contributed by atoms with Crippen LogP contribution in [0, 0.1) is 5.92 Å². The third-order valence-corrected chi connectivity index (χ3v) is 4.85. The van der Waals surface area contributed by atoms with Crippen molar-refractivity contribution >= 4 is 11.8 Å². The van der Waals surface area contributed by atoms with Gasteiger partial charge in [-0.1, -0.05) is 30.3 Å². The first-order valence-corrected chi connectivity index (χ1v) is 8.33. The summed E-state index contributed by atoms with van der Waals surface area (Å²) in [5, 5.41) is 6.34. The molecule has 2 amide bonds. The fraction of sp³-hybridized carbons (Fsp3) is 0.556. The Hall–Kier alpha value is -1.88. The van der Waals surface area contributed by atoms with Crippen LogP contribution in [0.3, 0.4) is 0 Å². The Balaban J connectivity index is 1.81. The van der Waals surface area contributed by atoms with Gasteiger partial charge in [-0.2, -0.15) is 0 Å². The van der Waals surface area contributed by atoms with Crippen LogP contribution < -0.4 is 10.6 Å². The predicted octanol–water partition coefficient (Wildman–Crippen LogP) is 1.46. The van der Waals surface area contributed by atoms with Crippen molar-refractivity contribution in [3.8, 4) is 0 Å². The number of hydrogen-bond donors (Lipinski definition) is 2. The molecule has 2 heterocycles. The number of nitrogens with zero attached hydrogens (tertiary/aromatic N) is 1. The van der Waals surface area contributed by atoms with Crippen LogP contribution in [0.15, 0.2) is 30.3 Å². The van der Waals surface area contributed by atoms with E-state index < -0.39 is 0 Å². The van der Waals surface area contributed by atoms with E-state index in [4.69, 9.17) is 0 Å². The number of carbonyl (C=O) groups excluding carboxylic acids is 2. The van der Waals surface area contributed by atoms with Gasteiger partial charge in [-0.15, -0.1) is 0 Å². The summed E-state index contributed by atoms with van der Waals surface area (Å²) < 4.78 is 0. The molecular weight excluding hydrogens is 290 g/mol. The Labute approximate surface area is 137 Å². The van der Waals surface area contributed by atoms with Crippen LogP contribution in [0.5, 0.6) is 0 Å². The Morgan fingerprint density at radius 1 is 1.26 bits per heavy atom. The average molecular weight is 315 g/mol. The van der Waals surface area contributed by atoms with Crippen LogP contribution in [0.4, 0.5) is 0 Å². The molecule has 0 radical (unpaired) electrons. The largest absolute Gasteiger partial charge is 0.352 e. The fourth-order valence-corrected chi connectivity index (χ4v) is 3.67. The highest BCUT2D eigenvalue weighted by atomic mass is 16.2. The number of hydrogen-bond acceptors (Lipinski definition) is 3. The molecule has 0 aliphatic carbocycles. The highest BCUT2D eigenvalue weighted by Gasteiger charge is 2.38. The summed E-state index contributed by atoms with van der Waals surface area (Å²) in [4.78, 5) is 26.7. The van der Waals surface area contributed by atoms with Gasteiger partial charge in [-0.05, 0) is 38.8 Å². The molecule has 0 spiro atoms. The zero-order chi connectivity index (χ0) is 16.4. The van der Waals surface area contributed by atoms with Crippen molar-refractivity contribution in [3.63, 3.8) is 0 Å². The van der Waals surface area contributed by atoms with Crippen molar-refractivity contribution in [2.24, 2.45) is 5.92 Å². The molecule has 2 aliphatic rings. The first-order chi connectivity index (χ1) is 11.0. The molecule has 0 aromatic heterocycles. The summed E-state index contributed by atoms with van der Waals surface area (Å²) in [5.41, 5.74) is 1.05. The van der Waals surface area contributed by atoms with Crippen LogP contribution in [0.25, 0.3) is 0 Å². The van der Waals surface area contributed by atoms with Gasteiger partial charge in [-0.3, -0.25) is 9.59 Å². The van der Waals surface area contributed by atoms with Gasteiger partial charge in [0.05, 0.1) is 6.04 Å². The molecule has 2 N–H and O–H groups in total. The molecule has 1 aromatic rings. The molecule has 3 rings (SSSR count). The van der Waals surface area contributed by atoms with Crippen molar-refractivity contribution in [1.82, 2.24) is 15.5 Å². The number of amides is 2. The summed E-state index contributed by atoms with van der Waals surface area (Å²) in [6.07, 6.45) is 1.65. The highest BCUT2D eigenvalue weighted by Crippen LogP contribution is 2.30. The predicted molar refractivity (Wildman–Crippen MR) is 88.7 cm³/mol. The number of piperidine rings is 1. The first kappa shape index (κ1) is 16.0. The minimum absolute atomic E-state index is 0.0108. The lowest BCUT2D eigenvalue weighted by Crippen LogP contribution is -2.56. The second-order valence-corrected chi connectivity index (χ2v) is 7.20. The van der Waals surface area contributed by atoms with Crippen LogP contribution >= 0.6 is 0 Å². The number of benzene rings is 1. The van der Waals surface area contributed by atoms with E-state index in [-0.39, 0.29) is 35.9 Å². The summed E-state index contributed by atoms with van der Waals surface area (Å²) in [6, 6.07) is 9.89. The van der Waals surface area contributed by atoms with Crippen molar-refractivity contribution in [2.75, 3.05) is 19.6 Å². The minimum Gasteiger partial charge on any atom is -0.352 e. The molecule has 2 fully saturated rings. The molecular formula is C18H25N3O2. The van der Waals surface area contributed by atoms with E-state index in [1.54, 1.807) is 4.90 Å². The average Bonchev–Trinajstić information content (AvgIpc) is 2.54. The first-order valence-electron chi connectivity index (χ1n) is 8.33. The number of nitrogens with one attached hydrogen (secondary N) is 2. The SMILES string of the molecule is CC1(C)CC(C(=O)N2CC(=O)NCC2c2ccccc2)CCN1. The van der Waals surface area contributed by atoms with Gasteiger partial charge in [0.25, 0.3) is 0 Å². The molecule has 2 aliphatic heterocycles. The zero-order valence-electron chi connectivity index (χ0n) is 13.8. The molecule has 5 heteroatoms. The van der Waals surface area contributed by atoms with E-state index in [0.29, 0.717) is 6.54 Å². The molecule has 2 saturated heterocycles. The van der Waals surface area contributed by atoms with Crippen molar-refractivity contribution in [2.45, 2.75) is 38.3 Å². The molecule has 23 heavy (non-hydrogen) atoms. The van der Waals surface area contributed by atoms with Gasteiger partial charge in [0.2, 0.25) is 11.8 Å². The fourth-order valence-electron chi connectivity index (χ4n) is 3.67. The van der Waals surface area contributed by atoms with Gasteiger partial charge in [0.15, 0.2) is 0 Å². The molecule has 5 nitrogen and oxygen atoms in total. The smallest absolute Gasteiger partial charge is 0.239 e.